The van der Waals surface area contributed by atoms with E-state index >= 15 is 0 Å². The highest BCUT2D eigenvalue weighted by molar-refractivity contribution is 5.96. The maximum Gasteiger partial charge on any atom is 0.586 e. The van der Waals surface area contributed by atoms with Gasteiger partial charge >= 0.3 is 6.29 Å². The van der Waals surface area contributed by atoms with Crippen molar-refractivity contribution in [3.63, 3.8) is 0 Å². The van der Waals surface area contributed by atoms with E-state index in [1.165, 1.54) is 11.0 Å². The number of nitriles is 1. The number of piperidine rings is 1. The second kappa shape index (κ2) is 8.78. The molecule has 0 saturated carbocycles. The summed E-state index contributed by atoms with van der Waals surface area (Å²) in [5.74, 6) is -0.337. The molecule has 2 aliphatic heterocycles. The number of hydrogen-bond donors (Lipinski definition) is 0. The van der Waals surface area contributed by atoms with Crippen LogP contribution in [-0.4, -0.2) is 45.3 Å². The first-order valence-corrected chi connectivity index (χ1v) is 10.9. The van der Waals surface area contributed by atoms with Gasteiger partial charge in [-0.15, -0.1) is 8.78 Å². The predicted molar refractivity (Wildman–Crippen MR) is 112 cm³/mol. The van der Waals surface area contributed by atoms with Gasteiger partial charge in [-0.1, -0.05) is 5.16 Å². The number of nitrogens with zero attached hydrogens (tertiary/aromatic N) is 5. The summed E-state index contributed by atoms with van der Waals surface area (Å²) in [6, 6.07) is 6.46. The molecule has 1 amide bonds. The van der Waals surface area contributed by atoms with Gasteiger partial charge in [0.05, 0.1) is 16.8 Å². The second-order valence-electron chi connectivity index (χ2n) is 8.30. The Hall–Kier alpha value is -4.21. The first-order valence-electron chi connectivity index (χ1n) is 10.9. The van der Waals surface area contributed by atoms with Crippen molar-refractivity contribution >= 4 is 5.91 Å². The van der Waals surface area contributed by atoms with Crippen molar-refractivity contribution in [2.24, 2.45) is 0 Å². The molecule has 1 aromatic carbocycles. The van der Waals surface area contributed by atoms with Crippen LogP contribution < -0.4 is 9.47 Å². The van der Waals surface area contributed by atoms with Crippen LogP contribution in [0.1, 0.15) is 58.5 Å². The number of carbonyl (C=O) groups excluding carboxylic acids is 1. The van der Waals surface area contributed by atoms with Gasteiger partial charge in [0, 0.05) is 31.5 Å². The average Bonchev–Trinajstić information content (AvgIpc) is 3.43. The lowest BCUT2D eigenvalue weighted by atomic mass is 9.95. The molecule has 3 aromatic rings. The van der Waals surface area contributed by atoms with Gasteiger partial charge < -0.3 is 18.9 Å². The highest BCUT2D eigenvalue weighted by atomic mass is 19.3. The number of pyridine rings is 1. The van der Waals surface area contributed by atoms with Crippen LogP contribution in [0.4, 0.5) is 17.6 Å². The van der Waals surface area contributed by atoms with Gasteiger partial charge in [0.15, 0.2) is 17.3 Å². The number of aromatic nitrogens is 3. The number of alkyl halides is 4. The van der Waals surface area contributed by atoms with Crippen LogP contribution in [0.5, 0.6) is 11.5 Å². The molecule has 2 aliphatic rings. The third-order valence-electron chi connectivity index (χ3n) is 5.97. The van der Waals surface area contributed by atoms with E-state index in [0.717, 1.165) is 18.2 Å². The molecule has 0 N–H and O–H groups in total. The van der Waals surface area contributed by atoms with E-state index in [-0.39, 0.29) is 47.3 Å². The molecule has 1 saturated heterocycles. The Balaban J connectivity index is 1.43. The zero-order valence-corrected chi connectivity index (χ0v) is 18.7. The zero-order chi connectivity index (χ0) is 25.6. The van der Waals surface area contributed by atoms with Crippen molar-refractivity contribution in [3.8, 4) is 28.8 Å². The number of fused-ring (bicyclic) bond motifs is 1. The van der Waals surface area contributed by atoms with Gasteiger partial charge in [0.2, 0.25) is 5.89 Å². The minimum atomic E-state index is -3.87. The van der Waals surface area contributed by atoms with Gasteiger partial charge in [-0.3, -0.25) is 4.79 Å². The molecule has 13 heteroatoms. The Labute approximate surface area is 201 Å². The first-order chi connectivity index (χ1) is 17.1. The Kier molecular flexibility index (Phi) is 5.74. The molecular weight excluding hydrogens is 486 g/mol. The summed E-state index contributed by atoms with van der Waals surface area (Å²) in [5.41, 5.74) is -1.51. The molecule has 4 heterocycles. The molecule has 0 aliphatic carbocycles. The summed E-state index contributed by atoms with van der Waals surface area (Å²) >= 11 is 0. The standard InChI is InChI=1S/C23H17F4N5O4/c1-11-29-21(31-36-11)12-4-6-32(7-5-12)22(33)15-8-14(10-28)18(30-19(15)20(24)25)13-2-3-16-17(9-13)35-23(26,27)34-16/h2-3,8-9,12,20H,4-7H2,1H3. The quantitative estimate of drug-likeness (QED) is 0.475. The van der Waals surface area contributed by atoms with Crippen molar-refractivity contribution in [1.29, 1.82) is 5.26 Å². The summed E-state index contributed by atoms with van der Waals surface area (Å²) in [6.45, 7) is 2.20. The Morgan fingerprint density at radius 1 is 1.17 bits per heavy atom. The number of likely N-dealkylation sites (tertiary alicyclic amines) is 1. The van der Waals surface area contributed by atoms with E-state index in [9.17, 15) is 27.6 Å². The van der Waals surface area contributed by atoms with Crippen LogP contribution in [0.2, 0.25) is 0 Å². The van der Waals surface area contributed by atoms with E-state index in [2.05, 4.69) is 24.6 Å². The average molecular weight is 503 g/mol. The van der Waals surface area contributed by atoms with Crippen LogP contribution >= 0.6 is 0 Å². The fraction of sp³-hybridized carbons (Fsp3) is 0.348. The van der Waals surface area contributed by atoms with Crippen LogP contribution in [-0.2, 0) is 0 Å². The molecule has 36 heavy (non-hydrogen) atoms. The smallest absolute Gasteiger partial charge is 0.395 e. The van der Waals surface area contributed by atoms with Gasteiger partial charge in [-0.05, 0) is 37.1 Å². The van der Waals surface area contributed by atoms with Gasteiger partial charge in [0.25, 0.3) is 12.3 Å². The first kappa shape index (κ1) is 23.5. The molecule has 186 valence electrons. The number of amides is 1. The lowest BCUT2D eigenvalue weighted by molar-refractivity contribution is -0.286. The largest absolute Gasteiger partial charge is 0.586 e. The number of hydrogen-bond acceptors (Lipinski definition) is 8. The SMILES string of the molecule is Cc1nc(C2CCN(C(=O)c3cc(C#N)c(-c4ccc5c(c4)OC(F)(F)O5)nc3C(F)F)CC2)no1. The number of carbonyl (C=O) groups is 1. The van der Waals surface area contributed by atoms with Crippen molar-refractivity contribution in [2.75, 3.05) is 13.1 Å². The molecule has 2 aromatic heterocycles. The molecule has 1 fully saturated rings. The lowest BCUT2D eigenvalue weighted by Gasteiger charge is -2.31. The highest BCUT2D eigenvalue weighted by Gasteiger charge is 2.43. The normalized spacial score (nSPS) is 16.9. The van der Waals surface area contributed by atoms with Crippen LogP contribution in [0.15, 0.2) is 28.8 Å². The predicted octanol–water partition coefficient (Wildman–Crippen LogP) is 4.59. The zero-order valence-electron chi connectivity index (χ0n) is 18.7. The van der Waals surface area contributed by atoms with E-state index in [1.807, 2.05) is 6.07 Å². The third kappa shape index (κ3) is 4.30. The lowest BCUT2D eigenvalue weighted by Crippen LogP contribution is -2.38. The topological polar surface area (TPSA) is 114 Å². The van der Waals surface area contributed by atoms with Crippen molar-refractivity contribution in [1.82, 2.24) is 20.0 Å². The molecule has 0 bridgehead atoms. The van der Waals surface area contributed by atoms with Crippen molar-refractivity contribution in [3.05, 3.63) is 52.8 Å². The Morgan fingerprint density at radius 2 is 1.89 bits per heavy atom. The number of benzene rings is 1. The van der Waals surface area contributed by atoms with Gasteiger partial charge in [-0.25, -0.2) is 13.8 Å². The van der Waals surface area contributed by atoms with E-state index in [0.29, 0.717) is 24.6 Å². The molecule has 0 spiro atoms. The minimum absolute atomic E-state index is 0.0328. The number of aryl methyl sites for hydroxylation is 1. The summed E-state index contributed by atoms with van der Waals surface area (Å²) in [5, 5.41) is 13.6. The summed E-state index contributed by atoms with van der Waals surface area (Å²) in [4.78, 5) is 22.7. The molecule has 0 atom stereocenters. The second-order valence-corrected chi connectivity index (χ2v) is 8.30. The Bertz CT molecular complexity index is 1380. The molecule has 9 nitrogen and oxygen atoms in total. The van der Waals surface area contributed by atoms with E-state index < -0.39 is 29.9 Å². The van der Waals surface area contributed by atoms with E-state index in [1.54, 1.807) is 6.92 Å². The molecular formula is C23H17F4N5O4. The van der Waals surface area contributed by atoms with Crippen LogP contribution in [0.25, 0.3) is 11.3 Å². The van der Waals surface area contributed by atoms with Crippen molar-refractivity contribution < 1.29 is 36.4 Å². The Morgan fingerprint density at radius 3 is 2.53 bits per heavy atom. The molecule has 0 unspecified atom stereocenters. The summed E-state index contributed by atoms with van der Waals surface area (Å²) in [7, 11) is 0. The van der Waals surface area contributed by atoms with Gasteiger partial charge in [-0.2, -0.15) is 10.2 Å². The number of halogens is 4. The molecule has 0 radical (unpaired) electrons. The fourth-order valence-corrected chi connectivity index (χ4v) is 4.26. The maximum atomic E-state index is 14.0. The highest BCUT2D eigenvalue weighted by Crippen LogP contribution is 2.43. The minimum Gasteiger partial charge on any atom is -0.395 e. The maximum absolute atomic E-state index is 14.0. The monoisotopic (exact) mass is 503 g/mol. The third-order valence-corrected chi connectivity index (χ3v) is 5.97. The fourth-order valence-electron chi connectivity index (χ4n) is 4.26. The van der Waals surface area contributed by atoms with Crippen LogP contribution in [0.3, 0.4) is 0 Å². The molecule has 5 rings (SSSR count). The summed E-state index contributed by atoms with van der Waals surface area (Å²) in [6.07, 6.45) is -5.98. The number of rotatable bonds is 4. The van der Waals surface area contributed by atoms with Gasteiger partial charge in [0.1, 0.15) is 11.8 Å². The number of ether oxygens (including phenoxy) is 2. The van der Waals surface area contributed by atoms with Crippen molar-refractivity contribution in [2.45, 2.75) is 38.4 Å². The van der Waals surface area contributed by atoms with E-state index in [4.69, 9.17) is 4.52 Å². The van der Waals surface area contributed by atoms with Crippen LogP contribution in [0, 0.1) is 18.3 Å². The summed E-state index contributed by atoms with van der Waals surface area (Å²) < 4.78 is 68.5.